The third-order valence-corrected chi connectivity index (χ3v) is 4.77. The van der Waals surface area contributed by atoms with Gasteiger partial charge in [0, 0.05) is 24.6 Å². The van der Waals surface area contributed by atoms with Crippen LogP contribution in [-0.4, -0.2) is 37.8 Å². The summed E-state index contributed by atoms with van der Waals surface area (Å²) in [7, 11) is 3.42. The highest BCUT2D eigenvalue weighted by Gasteiger charge is 2.07. The average Bonchev–Trinajstić information content (AvgIpc) is 2.71. The molecule has 0 aromatic heterocycles. The lowest BCUT2D eigenvalue weighted by molar-refractivity contribution is -0.125. The van der Waals surface area contributed by atoms with Gasteiger partial charge in [0.2, 0.25) is 5.91 Å². The summed E-state index contributed by atoms with van der Waals surface area (Å²) in [6, 6.07) is 13.9. The van der Waals surface area contributed by atoms with Crippen LogP contribution in [0.2, 0.25) is 0 Å². The average molecular weight is 386 g/mol. The highest BCUT2D eigenvalue weighted by atomic mass is 32.2. The molecule has 27 heavy (non-hydrogen) atoms. The minimum absolute atomic E-state index is 0.0470. The van der Waals surface area contributed by atoms with Crippen molar-refractivity contribution < 1.29 is 14.3 Å². The van der Waals surface area contributed by atoms with Gasteiger partial charge in [0.05, 0.1) is 13.7 Å². The minimum Gasteiger partial charge on any atom is -0.493 e. The number of benzene rings is 2. The van der Waals surface area contributed by atoms with Crippen LogP contribution in [0, 0.1) is 0 Å². The summed E-state index contributed by atoms with van der Waals surface area (Å²) in [5.41, 5.74) is 2.00. The SMILES string of the molecule is CCCOc1ccc(/C=C/C(=O)N(C)Cc2ccc(SC)cc2)cc1OC. The normalized spacial score (nSPS) is 10.8. The van der Waals surface area contributed by atoms with E-state index in [9.17, 15) is 4.79 Å². The first-order chi connectivity index (χ1) is 13.1. The van der Waals surface area contributed by atoms with Gasteiger partial charge in [-0.25, -0.2) is 0 Å². The Hall–Kier alpha value is -2.40. The predicted molar refractivity (Wildman–Crippen MR) is 113 cm³/mol. The highest BCUT2D eigenvalue weighted by Crippen LogP contribution is 2.28. The number of hydrogen-bond donors (Lipinski definition) is 0. The number of methoxy groups -OCH3 is 1. The second-order valence-electron chi connectivity index (χ2n) is 6.13. The van der Waals surface area contributed by atoms with Gasteiger partial charge in [-0.2, -0.15) is 0 Å². The van der Waals surface area contributed by atoms with Crippen molar-refractivity contribution in [2.75, 3.05) is 27.0 Å². The molecule has 0 aliphatic rings. The molecule has 0 aliphatic carbocycles. The number of carbonyl (C=O) groups is 1. The van der Waals surface area contributed by atoms with Crippen LogP contribution in [0.3, 0.4) is 0 Å². The van der Waals surface area contributed by atoms with Crippen LogP contribution in [0.5, 0.6) is 11.5 Å². The van der Waals surface area contributed by atoms with E-state index in [-0.39, 0.29) is 5.91 Å². The zero-order chi connectivity index (χ0) is 19.6. The number of nitrogens with zero attached hydrogens (tertiary/aromatic N) is 1. The molecule has 0 aliphatic heterocycles. The number of amides is 1. The second-order valence-corrected chi connectivity index (χ2v) is 7.01. The highest BCUT2D eigenvalue weighted by molar-refractivity contribution is 7.98. The lowest BCUT2D eigenvalue weighted by Crippen LogP contribution is -2.24. The topological polar surface area (TPSA) is 38.8 Å². The van der Waals surface area contributed by atoms with Gasteiger partial charge in [0.25, 0.3) is 0 Å². The maximum atomic E-state index is 12.4. The fourth-order valence-electron chi connectivity index (χ4n) is 2.50. The molecule has 0 atom stereocenters. The van der Waals surface area contributed by atoms with Crippen LogP contribution < -0.4 is 9.47 Å². The van der Waals surface area contributed by atoms with Gasteiger partial charge in [-0.15, -0.1) is 11.8 Å². The summed E-state index contributed by atoms with van der Waals surface area (Å²) < 4.78 is 11.0. The molecular formula is C22H27NO3S. The molecule has 0 radical (unpaired) electrons. The zero-order valence-electron chi connectivity index (χ0n) is 16.4. The van der Waals surface area contributed by atoms with E-state index in [1.807, 2.05) is 24.5 Å². The maximum absolute atomic E-state index is 12.4. The minimum atomic E-state index is -0.0470. The first-order valence-electron chi connectivity index (χ1n) is 8.94. The predicted octanol–water partition coefficient (Wildman–Crippen LogP) is 4.88. The Balaban J connectivity index is 1.99. The summed E-state index contributed by atoms with van der Waals surface area (Å²) in [6.45, 7) is 3.28. The first-order valence-corrected chi connectivity index (χ1v) is 10.2. The standard InChI is InChI=1S/C22H27NO3S/c1-5-14-26-20-12-8-17(15-21(20)25-3)9-13-22(24)23(2)16-18-6-10-19(27-4)11-7-18/h6-13,15H,5,14,16H2,1-4H3/b13-9+. The molecule has 2 rings (SSSR count). The maximum Gasteiger partial charge on any atom is 0.246 e. The van der Waals surface area contributed by atoms with Gasteiger partial charge in [0.15, 0.2) is 11.5 Å². The summed E-state index contributed by atoms with van der Waals surface area (Å²) in [4.78, 5) is 15.3. The third-order valence-electron chi connectivity index (χ3n) is 4.02. The van der Waals surface area contributed by atoms with Crippen molar-refractivity contribution in [3.05, 3.63) is 59.7 Å². The smallest absolute Gasteiger partial charge is 0.246 e. The van der Waals surface area contributed by atoms with Gasteiger partial charge in [-0.1, -0.05) is 25.1 Å². The van der Waals surface area contributed by atoms with E-state index in [0.29, 0.717) is 24.7 Å². The molecule has 0 N–H and O–H groups in total. The van der Waals surface area contributed by atoms with Gasteiger partial charge in [-0.05, 0) is 54.1 Å². The number of hydrogen-bond acceptors (Lipinski definition) is 4. The van der Waals surface area contributed by atoms with Crippen LogP contribution in [0.25, 0.3) is 6.08 Å². The molecule has 0 bridgehead atoms. The Bertz CT molecular complexity index is 772. The third kappa shape index (κ3) is 6.36. The van der Waals surface area contributed by atoms with Crippen molar-refractivity contribution in [2.24, 2.45) is 0 Å². The van der Waals surface area contributed by atoms with E-state index in [1.165, 1.54) is 4.90 Å². The van der Waals surface area contributed by atoms with Crippen molar-refractivity contribution in [2.45, 2.75) is 24.8 Å². The van der Waals surface area contributed by atoms with E-state index in [1.54, 1.807) is 43.0 Å². The van der Waals surface area contributed by atoms with Gasteiger partial charge in [-0.3, -0.25) is 4.79 Å². The van der Waals surface area contributed by atoms with E-state index < -0.39 is 0 Å². The van der Waals surface area contributed by atoms with Crippen LogP contribution in [-0.2, 0) is 11.3 Å². The van der Waals surface area contributed by atoms with Crippen LogP contribution >= 0.6 is 11.8 Å². The van der Waals surface area contributed by atoms with E-state index in [2.05, 4.69) is 31.2 Å². The molecule has 0 unspecified atom stereocenters. The molecule has 2 aromatic rings. The Morgan fingerprint density at radius 1 is 1.15 bits per heavy atom. The summed E-state index contributed by atoms with van der Waals surface area (Å²) in [5.74, 6) is 1.34. The molecule has 5 heteroatoms. The molecule has 0 spiro atoms. The van der Waals surface area contributed by atoms with Crippen LogP contribution in [0.15, 0.2) is 53.4 Å². The van der Waals surface area contributed by atoms with Gasteiger partial charge >= 0.3 is 0 Å². The van der Waals surface area contributed by atoms with Crippen molar-refractivity contribution in [3.8, 4) is 11.5 Å². The van der Waals surface area contributed by atoms with E-state index in [4.69, 9.17) is 9.47 Å². The summed E-state index contributed by atoms with van der Waals surface area (Å²) in [5, 5.41) is 0. The van der Waals surface area contributed by atoms with Crippen molar-refractivity contribution in [1.82, 2.24) is 4.90 Å². The number of likely N-dealkylation sites (N-methyl/N-ethyl adjacent to an activating group) is 1. The molecular weight excluding hydrogens is 358 g/mol. The van der Waals surface area contributed by atoms with Crippen molar-refractivity contribution in [3.63, 3.8) is 0 Å². The number of rotatable bonds is 9. The monoisotopic (exact) mass is 385 g/mol. The molecule has 1 amide bonds. The second kappa shape index (κ2) is 10.7. The van der Waals surface area contributed by atoms with Crippen LogP contribution in [0.4, 0.5) is 0 Å². The van der Waals surface area contributed by atoms with E-state index in [0.717, 1.165) is 17.5 Å². The largest absolute Gasteiger partial charge is 0.493 e. The van der Waals surface area contributed by atoms with E-state index >= 15 is 0 Å². The number of ether oxygens (including phenoxy) is 2. The first kappa shape index (κ1) is 20.9. The lowest BCUT2D eigenvalue weighted by atomic mass is 10.1. The van der Waals surface area contributed by atoms with Crippen molar-refractivity contribution in [1.29, 1.82) is 0 Å². The lowest BCUT2D eigenvalue weighted by Gasteiger charge is -2.15. The molecule has 0 fully saturated rings. The molecule has 0 saturated carbocycles. The summed E-state index contributed by atoms with van der Waals surface area (Å²) >= 11 is 1.71. The Morgan fingerprint density at radius 2 is 1.89 bits per heavy atom. The van der Waals surface area contributed by atoms with Gasteiger partial charge < -0.3 is 14.4 Å². The van der Waals surface area contributed by atoms with Crippen molar-refractivity contribution >= 4 is 23.7 Å². The molecule has 144 valence electrons. The quantitative estimate of drug-likeness (QED) is 0.456. The van der Waals surface area contributed by atoms with Crippen LogP contribution in [0.1, 0.15) is 24.5 Å². The molecule has 4 nitrogen and oxygen atoms in total. The summed E-state index contributed by atoms with van der Waals surface area (Å²) in [6.07, 6.45) is 6.36. The molecule has 2 aromatic carbocycles. The van der Waals surface area contributed by atoms with Gasteiger partial charge in [0.1, 0.15) is 0 Å². The Labute approximate surface area is 166 Å². The number of carbonyl (C=O) groups excluding carboxylic acids is 1. The fraction of sp³-hybridized carbons (Fsp3) is 0.318. The fourth-order valence-corrected chi connectivity index (χ4v) is 2.90. The Morgan fingerprint density at radius 3 is 2.52 bits per heavy atom. The molecule has 0 heterocycles. The zero-order valence-corrected chi connectivity index (χ0v) is 17.2. The molecule has 0 saturated heterocycles. The Kier molecular flexibility index (Phi) is 8.27. The number of thioether (sulfide) groups is 1.